The zero-order valence-electron chi connectivity index (χ0n) is 18.4. The first-order valence-corrected chi connectivity index (χ1v) is 10.9. The van der Waals surface area contributed by atoms with Crippen molar-refractivity contribution in [1.29, 1.82) is 0 Å². The molecule has 3 aromatic rings. The van der Waals surface area contributed by atoms with Crippen molar-refractivity contribution in [3.8, 4) is 5.75 Å². The fraction of sp³-hybridized carbons (Fsp3) is 0.400. The SMILES string of the molecule is CN(Cc1ccc(OCC(O)CN2CCc3ccccc3C2)cc1)Cc1cnn(C)c1. The molecule has 2 aromatic carbocycles. The summed E-state index contributed by atoms with van der Waals surface area (Å²) in [6, 6.07) is 16.7. The van der Waals surface area contributed by atoms with E-state index in [4.69, 9.17) is 4.74 Å². The average molecular weight is 421 g/mol. The first kappa shape index (κ1) is 21.6. The van der Waals surface area contributed by atoms with Gasteiger partial charge in [-0.3, -0.25) is 14.5 Å². The molecule has 2 heterocycles. The Morgan fingerprint density at radius 2 is 1.81 bits per heavy atom. The van der Waals surface area contributed by atoms with Crippen LogP contribution >= 0.6 is 0 Å². The van der Waals surface area contributed by atoms with Crippen LogP contribution in [0, 0.1) is 0 Å². The third kappa shape index (κ3) is 6.17. The van der Waals surface area contributed by atoms with E-state index >= 15 is 0 Å². The van der Waals surface area contributed by atoms with Crippen molar-refractivity contribution in [1.82, 2.24) is 19.6 Å². The zero-order valence-corrected chi connectivity index (χ0v) is 18.4. The molecule has 0 aliphatic carbocycles. The van der Waals surface area contributed by atoms with Crippen molar-refractivity contribution in [3.63, 3.8) is 0 Å². The topological polar surface area (TPSA) is 53.8 Å². The van der Waals surface area contributed by atoms with Gasteiger partial charge >= 0.3 is 0 Å². The molecule has 31 heavy (non-hydrogen) atoms. The maximum Gasteiger partial charge on any atom is 0.119 e. The van der Waals surface area contributed by atoms with Crippen LogP contribution in [0.2, 0.25) is 0 Å². The predicted molar refractivity (Wildman–Crippen MR) is 122 cm³/mol. The summed E-state index contributed by atoms with van der Waals surface area (Å²) in [6.07, 6.45) is 4.49. The number of aliphatic hydroxyl groups excluding tert-OH is 1. The standard InChI is InChI=1S/C25H32N4O2/c1-27(15-21-13-26-28(2)16-21)14-20-7-9-25(10-8-20)31-19-24(30)18-29-12-11-22-5-3-4-6-23(22)17-29/h3-10,13,16,24,30H,11-12,14-15,17-19H2,1-2H3. The van der Waals surface area contributed by atoms with Crippen LogP contribution in [0.5, 0.6) is 5.75 Å². The summed E-state index contributed by atoms with van der Waals surface area (Å²) in [5.41, 5.74) is 5.23. The van der Waals surface area contributed by atoms with E-state index in [9.17, 15) is 5.11 Å². The molecule has 4 rings (SSSR count). The van der Waals surface area contributed by atoms with Gasteiger partial charge < -0.3 is 9.84 Å². The highest BCUT2D eigenvalue weighted by Gasteiger charge is 2.18. The number of aromatic nitrogens is 2. The minimum atomic E-state index is -0.504. The highest BCUT2D eigenvalue weighted by Crippen LogP contribution is 2.19. The molecule has 0 bridgehead atoms. The van der Waals surface area contributed by atoms with Gasteiger partial charge in [0.1, 0.15) is 18.5 Å². The quantitative estimate of drug-likeness (QED) is 0.577. The van der Waals surface area contributed by atoms with E-state index in [1.54, 1.807) is 0 Å². The lowest BCUT2D eigenvalue weighted by Crippen LogP contribution is -2.38. The van der Waals surface area contributed by atoms with E-state index in [0.717, 1.165) is 38.3 Å². The lowest BCUT2D eigenvalue weighted by atomic mass is 10.00. The lowest BCUT2D eigenvalue weighted by molar-refractivity contribution is 0.0638. The Balaban J connectivity index is 1.20. The molecule has 1 aromatic heterocycles. The molecule has 0 radical (unpaired) electrons. The van der Waals surface area contributed by atoms with Gasteiger partial charge in [0, 0.05) is 51.5 Å². The Morgan fingerprint density at radius 1 is 1.06 bits per heavy atom. The van der Waals surface area contributed by atoms with E-state index in [1.165, 1.54) is 22.3 Å². The van der Waals surface area contributed by atoms with E-state index in [0.29, 0.717) is 13.2 Å². The molecule has 0 amide bonds. The third-order valence-corrected chi connectivity index (χ3v) is 5.71. The van der Waals surface area contributed by atoms with E-state index in [2.05, 4.69) is 58.3 Å². The maximum absolute atomic E-state index is 10.4. The third-order valence-electron chi connectivity index (χ3n) is 5.71. The summed E-state index contributed by atoms with van der Waals surface area (Å²) < 4.78 is 7.66. The smallest absolute Gasteiger partial charge is 0.119 e. The van der Waals surface area contributed by atoms with Gasteiger partial charge in [0.25, 0.3) is 0 Å². The fourth-order valence-electron chi connectivity index (χ4n) is 4.18. The number of nitrogens with zero attached hydrogens (tertiary/aromatic N) is 4. The molecule has 6 nitrogen and oxygen atoms in total. The van der Waals surface area contributed by atoms with Crippen molar-refractivity contribution in [2.45, 2.75) is 32.2 Å². The molecule has 1 unspecified atom stereocenters. The molecule has 0 fully saturated rings. The predicted octanol–water partition coefficient (Wildman–Crippen LogP) is 2.85. The van der Waals surface area contributed by atoms with E-state index < -0.39 is 6.10 Å². The zero-order chi connectivity index (χ0) is 21.6. The van der Waals surface area contributed by atoms with Gasteiger partial charge in [-0.2, -0.15) is 5.10 Å². The van der Waals surface area contributed by atoms with Crippen LogP contribution in [0.3, 0.4) is 0 Å². The Hall–Kier alpha value is -2.67. The first-order chi connectivity index (χ1) is 15.0. The monoisotopic (exact) mass is 420 g/mol. The van der Waals surface area contributed by atoms with Crippen molar-refractivity contribution < 1.29 is 9.84 Å². The summed E-state index contributed by atoms with van der Waals surface area (Å²) >= 11 is 0. The Labute approximate surface area is 184 Å². The number of β-amino-alcohol motifs (C(OH)–C–C–N with tert-alkyl or cyclic N) is 1. The number of fused-ring (bicyclic) bond motifs is 1. The van der Waals surface area contributed by atoms with E-state index in [1.807, 2.05) is 36.3 Å². The van der Waals surface area contributed by atoms with Crippen LogP contribution in [-0.2, 0) is 33.1 Å². The van der Waals surface area contributed by atoms with Crippen LogP contribution in [0.25, 0.3) is 0 Å². The van der Waals surface area contributed by atoms with Crippen molar-refractivity contribution >= 4 is 0 Å². The largest absolute Gasteiger partial charge is 0.491 e. The van der Waals surface area contributed by atoms with Crippen molar-refractivity contribution in [2.75, 3.05) is 26.7 Å². The number of hydrogen-bond donors (Lipinski definition) is 1. The van der Waals surface area contributed by atoms with Gasteiger partial charge in [-0.05, 0) is 42.3 Å². The van der Waals surface area contributed by atoms with Crippen LogP contribution in [0.1, 0.15) is 22.3 Å². The van der Waals surface area contributed by atoms with Gasteiger partial charge in [0.2, 0.25) is 0 Å². The minimum absolute atomic E-state index is 0.304. The number of rotatable bonds is 9. The average Bonchev–Trinajstić information content (AvgIpc) is 3.17. The van der Waals surface area contributed by atoms with Gasteiger partial charge in [-0.25, -0.2) is 0 Å². The Bertz CT molecular complexity index is 970. The summed E-state index contributed by atoms with van der Waals surface area (Å²) in [5.74, 6) is 0.793. The van der Waals surface area contributed by atoms with Crippen LogP contribution in [0.4, 0.5) is 0 Å². The Morgan fingerprint density at radius 3 is 2.55 bits per heavy atom. The highest BCUT2D eigenvalue weighted by atomic mass is 16.5. The molecule has 0 saturated heterocycles. The van der Waals surface area contributed by atoms with Gasteiger partial charge in [-0.1, -0.05) is 36.4 Å². The van der Waals surface area contributed by atoms with Gasteiger partial charge in [0.15, 0.2) is 0 Å². The molecule has 0 spiro atoms. The molecular weight excluding hydrogens is 388 g/mol. The second kappa shape index (κ2) is 10.1. The minimum Gasteiger partial charge on any atom is -0.491 e. The van der Waals surface area contributed by atoms with Gasteiger partial charge in [0.05, 0.1) is 6.20 Å². The molecule has 1 N–H and O–H groups in total. The van der Waals surface area contributed by atoms with Crippen LogP contribution in [0.15, 0.2) is 60.9 Å². The second-order valence-corrected chi connectivity index (χ2v) is 8.56. The normalized spacial score (nSPS) is 15.1. The number of benzene rings is 2. The highest BCUT2D eigenvalue weighted by molar-refractivity contribution is 5.29. The number of aliphatic hydroxyl groups is 1. The summed E-state index contributed by atoms with van der Waals surface area (Å²) in [7, 11) is 4.04. The summed E-state index contributed by atoms with van der Waals surface area (Å²) in [4.78, 5) is 4.56. The fourth-order valence-corrected chi connectivity index (χ4v) is 4.18. The van der Waals surface area contributed by atoms with Crippen LogP contribution < -0.4 is 4.74 Å². The molecule has 1 atom stereocenters. The maximum atomic E-state index is 10.4. The molecule has 1 aliphatic rings. The lowest BCUT2D eigenvalue weighted by Gasteiger charge is -2.30. The van der Waals surface area contributed by atoms with Crippen molar-refractivity contribution in [3.05, 3.63) is 83.2 Å². The van der Waals surface area contributed by atoms with E-state index in [-0.39, 0.29) is 0 Å². The summed E-state index contributed by atoms with van der Waals surface area (Å²) in [6.45, 7) is 4.53. The number of ether oxygens (including phenoxy) is 1. The molecule has 0 saturated carbocycles. The molecule has 164 valence electrons. The second-order valence-electron chi connectivity index (χ2n) is 8.56. The summed E-state index contributed by atoms with van der Waals surface area (Å²) in [5, 5.41) is 14.7. The molecule has 6 heteroatoms. The van der Waals surface area contributed by atoms with Crippen LogP contribution in [-0.4, -0.2) is 57.5 Å². The number of hydrogen-bond acceptors (Lipinski definition) is 5. The first-order valence-electron chi connectivity index (χ1n) is 10.9. The Kier molecular flexibility index (Phi) is 7.02. The van der Waals surface area contributed by atoms with Gasteiger partial charge in [-0.15, -0.1) is 0 Å². The molecular formula is C25H32N4O2. The number of aryl methyl sites for hydroxylation is 1. The molecule has 1 aliphatic heterocycles. The van der Waals surface area contributed by atoms with Crippen molar-refractivity contribution in [2.24, 2.45) is 7.05 Å².